The van der Waals surface area contributed by atoms with Crippen LogP contribution in [0.4, 0.5) is 0 Å². The van der Waals surface area contributed by atoms with Crippen LogP contribution in [0.3, 0.4) is 0 Å². The van der Waals surface area contributed by atoms with Gasteiger partial charge in [0.05, 0.1) is 11.0 Å². The Kier molecular flexibility index (Phi) is 3.59. The van der Waals surface area contributed by atoms with Crippen molar-refractivity contribution in [2.45, 2.75) is 31.7 Å². The van der Waals surface area contributed by atoms with Crippen LogP contribution >= 0.6 is 23.2 Å². The molecule has 5 heteroatoms. The van der Waals surface area contributed by atoms with Crippen LogP contribution in [-0.4, -0.2) is 16.6 Å². The molecule has 1 aliphatic carbocycles. The molecule has 0 spiro atoms. The van der Waals surface area contributed by atoms with Crippen LogP contribution in [0.1, 0.15) is 26.7 Å². The van der Waals surface area contributed by atoms with E-state index in [-0.39, 0.29) is 16.4 Å². The maximum atomic E-state index is 11.9. The quantitative estimate of drug-likeness (QED) is 0.602. The van der Waals surface area contributed by atoms with E-state index in [9.17, 15) is 9.59 Å². The third kappa shape index (κ3) is 1.84. The van der Waals surface area contributed by atoms with E-state index in [2.05, 4.69) is 0 Å². The monoisotopic (exact) mass is 249 g/mol. The molecule has 0 saturated heterocycles. The Balaban J connectivity index is 3.32. The molecule has 3 nitrogen and oxygen atoms in total. The van der Waals surface area contributed by atoms with E-state index < -0.39 is 16.7 Å². The van der Waals surface area contributed by atoms with Gasteiger partial charge >= 0.3 is 0 Å². The molecule has 0 amide bonds. The predicted molar refractivity (Wildman–Crippen MR) is 59.7 cm³/mol. The minimum atomic E-state index is -1.63. The molecule has 0 fully saturated rings. The number of allylic oxidation sites excluding steroid dienone is 1. The zero-order valence-electron chi connectivity index (χ0n) is 8.64. The molecule has 0 heterocycles. The van der Waals surface area contributed by atoms with E-state index in [1.54, 1.807) is 13.8 Å². The number of rotatable bonds is 2. The third-order valence-corrected chi connectivity index (χ3v) is 3.54. The molecule has 2 unspecified atom stereocenters. The van der Waals surface area contributed by atoms with Gasteiger partial charge in [0.1, 0.15) is 0 Å². The van der Waals surface area contributed by atoms with Crippen LogP contribution in [0, 0.1) is 5.92 Å². The van der Waals surface area contributed by atoms with Crippen molar-refractivity contribution in [2.24, 2.45) is 11.7 Å². The number of hydrogen-bond donors (Lipinski definition) is 1. The first-order valence-corrected chi connectivity index (χ1v) is 5.58. The first-order chi connectivity index (χ1) is 6.87. The van der Waals surface area contributed by atoms with Crippen LogP contribution < -0.4 is 5.73 Å². The molecular weight excluding hydrogens is 237 g/mol. The summed E-state index contributed by atoms with van der Waals surface area (Å²) in [5.74, 6) is -1.48. The van der Waals surface area contributed by atoms with Crippen molar-refractivity contribution in [3.63, 3.8) is 0 Å². The lowest BCUT2D eigenvalue weighted by Crippen LogP contribution is -2.55. The maximum absolute atomic E-state index is 11.9. The number of carbonyl (C=O) groups excluding carboxylic acids is 2. The van der Waals surface area contributed by atoms with E-state index in [4.69, 9.17) is 28.9 Å². The molecule has 0 aromatic carbocycles. The maximum Gasteiger partial charge on any atom is 0.196 e. The van der Waals surface area contributed by atoms with E-state index in [1.807, 2.05) is 0 Å². The standard InChI is InChI=1S/C10H13Cl2NO2/c1-3-5-7(11)8(14)6(4-2)10(12,13)9(5)15/h6H,3-4,13H2,1-2H3. The summed E-state index contributed by atoms with van der Waals surface area (Å²) in [5, 5.41) is -0.00363. The number of Topliss-reactive ketones (excluding diaryl/α,β-unsaturated/α-hetero) is 2. The highest BCUT2D eigenvalue weighted by atomic mass is 35.5. The summed E-state index contributed by atoms with van der Waals surface area (Å²) in [6.07, 6.45) is 0.767. The molecule has 15 heavy (non-hydrogen) atoms. The van der Waals surface area contributed by atoms with Crippen LogP contribution in [0.5, 0.6) is 0 Å². The van der Waals surface area contributed by atoms with Crippen LogP contribution in [0.2, 0.25) is 0 Å². The number of hydrogen-bond acceptors (Lipinski definition) is 3. The van der Waals surface area contributed by atoms with Gasteiger partial charge < -0.3 is 5.73 Å². The number of nitrogens with two attached hydrogens (primary N) is 1. The lowest BCUT2D eigenvalue weighted by Gasteiger charge is -2.33. The van der Waals surface area contributed by atoms with Gasteiger partial charge in [-0.3, -0.25) is 9.59 Å². The van der Waals surface area contributed by atoms with Crippen molar-refractivity contribution in [2.75, 3.05) is 0 Å². The van der Waals surface area contributed by atoms with E-state index in [0.29, 0.717) is 12.8 Å². The van der Waals surface area contributed by atoms with Gasteiger partial charge in [-0.25, -0.2) is 0 Å². The first-order valence-electron chi connectivity index (χ1n) is 4.83. The largest absolute Gasteiger partial charge is 0.306 e. The van der Waals surface area contributed by atoms with Crippen molar-refractivity contribution in [3.8, 4) is 0 Å². The predicted octanol–water partition coefficient (Wildman–Crippen LogP) is 1.96. The fourth-order valence-corrected chi connectivity index (χ4v) is 2.50. The van der Waals surface area contributed by atoms with Crippen molar-refractivity contribution in [3.05, 3.63) is 10.6 Å². The SMILES string of the molecule is CCC1=C(Cl)C(=O)C(CC)C(N)(Cl)C1=O. The smallest absolute Gasteiger partial charge is 0.196 e. The van der Waals surface area contributed by atoms with E-state index >= 15 is 0 Å². The molecule has 1 aliphatic rings. The first kappa shape index (κ1) is 12.7. The third-order valence-electron chi connectivity index (χ3n) is 2.69. The van der Waals surface area contributed by atoms with E-state index in [0.717, 1.165) is 0 Å². The summed E-state index contributed by atoms with van der Waals surface area (Å²) >= 11 is 11.8. The highest BCUT2D eigenvalue weighted by molar-refractivity contribution is 6.50. The van der Waals surface area contributed by atoms with Crippen molar-refractivity contribution in [1.82, 2.24) is 0 Å². The average molecular weight is 250 g/mol. The zero-order valence-corrected chi connectivity index (χ0v) is 10.2. The minimum Gasteiger partial charge on any atom is -0.306 e. The van der Waals surface area contributed by atoms with Crippen molar-refractivity contribution < 1.29 is 9.59 Å². The lowest BCUT2D eigenvalue weighted by atomic mass is 9.80. The van der Waals surface area contributed by atoms with Crippen LogP contribution in [-0.2, 0) is 9.59 Å². The number of ketones is 2. The van der Waals surface area contributed by atoms with Crippen molar-refractivity contribution >= 4 is 34.8 Å². The molecule has 0 saturated carbocycles. The number of alkyl halides is 1. The molecule has 84 valence electrons. The molecule has 2 N–H and O–H groups in total. The van der Waals surface area contributed by atoms with Gasteiger partial charge in [0.2, 0.25) is 0 Å². The summed E-state index contributed by atoms with van der Waals surface area (Å²) in [7, 11) is 0. The lowest BCUT2D eigenvalue weighted by molar-refractivity contribution is -0.128. The van der Waals surface area contributed by atoms with Gasteiger partial charge in [-0.1, -0.05) is 37.0 Å². The summed E-state index contributed by atoms with van der Waals surface area (Å²) in [6.45, 7) is 3.49. The highest BCUT2D eigenvalue weighted by Crippen LogP contribution is 2.37. The van der Waals surface area contributed by atoms with Gasteiger partial charge in [-0.2, -0.15) is 0 Å². The topological polar surface area (TPSA) is 60.2 Å². The van der Waals surface area contributed by atoms with Crippen LogP contribution in [0.25, 0.3) is 0 Å². The minimum absolute atomic E-state index is 0.00363. The fraction of sp³-hybridized carbons (Fsp3) is 0.600. The molecule has 1 rings (SSSR count). The second-order valence-electron chi connectivity index (χ2n) is 3.57. The Hall–Kier alpha value is -0.380. The molecule has 2 atom stereocenters. The highest BCUT2D eigenvalue weighted by Gasteiger charge is 2.49. The van der Waals surface area contributed by atoms with Gasteiger partial charge in [-0.15, -0.1) is 0 Å². The molecule has 0 bridgehead atoms. The van der Waals surface area contributed by atoms with Crippen molar-refractivity contribution in [1.29, 1.82) is 0 Å². The Bertz CT molecular complexity index is 347. The number of carbonyl (C=O) groups is 2. The Labute approximate surface area is 98.6 Å². The average Bonchev–Trinajstić information content (AvgIpc) is 2.17. The Morgan fingerprint density at radius 2 is 1.93 bits per heavy atom. The molecular formula is C10H13Cl2NO2. The van der Waals surface area contributed by atoms with Gasteiger partial charge in [0, 0.05) is 5.57 Å². The molecule has 0 radical (unpaired) electrons. The normalized spacial score (nSPS) is 32.5. The molecule has 0 aliphatic heterocycles. The van der Waals surface area contributed by atoms with Gasteiger partial charge in [0.25, 0.3) is 0 Å². The molecule has 0 aromatic rings. The second kappa shape index (κ2) is 4.24. The zero-order chi connectivity index (χ0) is 11.8. The number of halogens is 2. The van der Waals surface area contributed by atoms with Gasteiger partial charge in [-0.05, 0) is 12.8 Å². The summed E-state index contributed by atoms with van der Waals surface area (Å²) in [4.78, 5) is 22.0. The summed E-state index contributed by atoms with van der Waals surface area (Å²) < 4.78 is 0. The Morgan fingerprint density at radius 3 is 2.33 bits per heavy atom. The second-order valence-corrected chi connectivity index (χ2v) is 4.57. The summed E-state index contributed by atoms with van der Waals surface area (Å²) in [6, 6.07) is 0. The fourth-order valence-electron chi connectivity index (χ4n) is 1.78. The van der Waals surface area contributed by atoms with Crippen LogP contribution in [0.15, 0.2) is 10.6 Å². The summed E-state index contributed by atoms with van der Waals surface area (Å²) in [5.41, 5.74) is 5.94. The van der Waals surface area contributed by atoms with E-state index in [1.165, 1.54) is 0 Å². The Morgan fingerprint density at radius 1 is 1.40 bits per heavy atom. The molecule has 0 aromatic heterocycles. The van der Waals surface area contributed by atoms with Gasteiger partial charge in [0.15, 0.2) is 16.6 Å².